The van der Waals surface area contributed by atoms with Crippen LogP contribution in [0.2, 0.25) is 0 Å². The van der Waals surface area contributed by atoms with Gasteiger partial charge in [0.1, 0.15) is 0 Å². The molecule has 0 spiro atoms. The first-order chi connectivity index (χ1) is 14.5. The molecule has 1 amide bonds. The average Bonchev–Trinajstić information content (AvgIpc) is 3.30. The summed E-state index contributed by atoms with van der Waals surface area (Å²) >= 11 is 1.67. The normalized spacial score (nSPS) is 18.0. The van der Waals surface area contributed by atoms with Crippen LogP contribution in [0.25, 0.3) is 0 Å². The highest BCUT2D eigenvalue weighted by Gasteiger charge is 2.37. The summed E-state index contributed by atoms with van der Waals surface area (Å²) in [6, 6.07) is 16.2. The molecule has 5 nitrogen and oxygen atoms in total. The van der Waals surface area contributed by atoms with E-state index in [4.69, 9.17) is 5.73 Å². The molecule has 1 aliphatic rings. The molecule has 1 unspecified atom stereocenters. The summed E-state index contributed by atoms with van der Waals surface area (Å²) in [4.78, 5) is 18.2. The van der Waals surface area contributed by atoms with Gasteiger partial charge in [-0.15, -0.1) is 11.3 Å². The summed E-state index contributed by atoms with van der Waals surface area (Å²) in [5, 5.41) is 12.1. The number of piperazine rings is 1. The van der Waals surface area contributed by atoms with Crippen LogP contribution in [0.15, 0.2) is 47.8 Å². The third-order valence-electron chi connectivity index (χ3n) is 6.27. The Morgan fingerprint density at radius 2 is 1.87 bits per heavy atom. The van der Waals surface area contributed by atoms with Gasteiger partial charge in [0.05, 0.1) is 17.5 Å². The van der Waals surface area contributed by atoms with Crippen molar-refractivity contribution in [2.24, 2.45) is 11.7 Å². The number of carbonyl (C=O) groups excluding carboxylic acids is 1. The Morgan fingerprint density at radius 1 is 1.17 bits per heavy atom. The summed E-state index contributed by atoms with van der Waals surface area (Å²) in [5.74, 6) is 0.283. The highest BCUT2D eigenvalue weighted by molar-refractivity contribution is 7.10. The number of amides is 1. The number of nitrogens with two attached hydrogens (primary N) is 1. The van der Waals surface area contributed by atoms with Crippen molar-refractivity contribution in [3.63, 3.8) is 0 Å². The number of carbonyl (C=O) groups is 1. The zero-order chi connectivity index (χ0) is 21.6. The van der Waals surface area contributed by atoms with Gasteiger partial charge >= 0.3 is 0 Å². The molecule has 2 aromatic rings. The van der Waals surface area contributed by atoms with Crippen molar-refractivity contribution in [1.29, 1.82) is 5.26 Å². The van der Waals surface area contributed by atoms with E-state index in [-0.39, 0.29) is 11.8 Å². The zero-order valence-electron chi connectivity index (χ0n) is 18.0. The van der Waals surface area contributed by atoms with Crippen LogP contribution in [0.4, 0.5) is 0 Å². The molecule has 2 N–H and O–H groups in total. The lowest BCUT2D eigenvalue weighted by molar-refractivity contribution is -0.134. The van der Waals surface area contributed by atoms with Crippen LogP contribution in [0.1, 0.15) is 30.7 Å². The van der Waals surface area contributed by atoms with E-state index in [9.17, 15) is 10.1 Å². The highest BCUT2D eigenvalue weighted by atomic mass is 32.1. The maximum atomic E-state index is 12.8. The van der Waals surface area contributed by atoms with Crippen LogP contribution in [0.5, 0.6) is 0 Å². The number of hydrogen-bond donors (Lipinski definition) is 1. The zero-order valence-corrected chi connectivity index (χ0v) is 18.8. The Hall–Kier alpha value is -2.20. The van der Waals surface area contributed by atoms with Crippen LogP contribution >= 0.6 is 11.3 Å². The monoisotopic (exact) mass is 424 g/mol. The molecule has 0 bridgehead atoms. The first-order valence-electron chi connectivity index (χ1n) is 10.7. The minimum absolute atomic E-state index is 0.0330. The molecular weight excluding hydrogens is 392 g/mol. The molecule has 30 heavy (non-hydrogen) atoms. The van der Waals surface area contributed by atoms with Gasteiger partial charge in [-0.1, -0.05) is 50.2 Å². The number of nitrogens with zero attached hydrogens (tertiary/aromatic N) is 3. The van der Waals surface area contributed by atoms with Gasteiger partial charge < -0.3 is 10.6 Å². The van der Waals surface area contributed by atoms with Gasteiger partial charge in [0.15, 0.2) is 0 Å². The Morgan fingerprint density at radius 3 is 2.43 bits per heavy atom. The summed E-state index contributed by atoms with van der Waals surface area (Å²) in [5.41, 5.74) is 6.84. The van der Waals surface area contributed by atoms with E-state index in [2.05, 4.69) is 30.9 Å². The molecule has 1 aromatic carbocycles. The fraction of sp³-hybridized carbons (Fsp3) is 0.500. The van der Waals surface area contributed by atoms with E-state index in [1.165, 1.54) is 0 Å². The van der Waals surface area contributed by atoms with Crippen LogP contribution < -0.4 is 5.73 Å². The maximum Gasteiger partial charge on any atom is 0.239 e. The van der Waals surface area contributed by atoms with Gasteiger partial charge in [-0.05, 0) is 35.8 Å². The molecule has 3 rings (SSSR count). The average molecular weight is 425 g/mol. The van der Waals surface area contributed by atoms with E-state index >= 15 is 0 Å². The second-order valence-electron chi connectivity index (χ2n) is 8.43. The van der Waals surface area contributed by atoms with Gasteiger partial charge in [0.2, 0.25) is 5.91 Å². The van der Waals surface area contributed by atoms with Crippen LogP contribution in [0, 0.1) is 17.2 Å². The van der Waals surface area contributed by atoms with Crippen LogP contribution in [-0.4, -0.2) is 54.5 Å². The number of benzene rings is 1. The third-order valence-corrected chi connectivity index (χ3v) is 7.32. The number of nitriles is 1. The van der Waals surface area contributed by atoms with Gasteiger partial charge in [0.25, 0.3) is 0 Å². The van der Waals surface area contributed by atoms with Crippen molar-refractivity contribution in [1.82, 2.24) is 9.80 Å². The van der Waals surface area contributed by atoms with Crippen molar-refractivity contribution in [3.05, 3.63) is 58.3 Å². The third kappa shape index (κ3) is 5.10. The minimum atomic E-state index is -0.495. The molecule has 1 aromatic heterocycles. The Balaban J connectivity index is 1.51. The lowest BCUT2D eigenvalue weighted by atomic mass is 9.74. The van der Waals surface area contributed by atoms with Crippen molar-refractivity contribution >= 4 is 17.2 Å². The SMILES string of the molecule is CC(C)C(C#N)(CCN1CCN(C(=O)[C@@H](N)Cc2ccccc2)CC1)c1cccs1. The first-order valence-corrected chi connectivity index (χ1v) is 11.6. The molecule has 1 fully saturated rings. The van der Waals surface area contributed by atoms with Gasteiger partial charge in [-0.3, -0.25) is 9.69 Å². The summed E-state index contributed by atoms with van der Waals surface area (Å²) in [6.07, 6.45) is 1.38. The van der Waals surface area contributed by atoms with E-state index in [0.29, 0.717) is 19.5 Å². The predicted molar refractivity (Wildman–Crippen MR) is 122 cm³/mol. The number of thiophene rings is 1. The number of rotatable bonds is 8. The van der Waals surface area contributed by atoms with Crippen LogP contribution in [-0.2, 0) is 16.6 Å². The van der Waals surface area contributed by atoms with Crippen molar-refractivity contribution in [2.45, 2.75) is 38.1 Å². The van der Waals surface area contributed by atoms with Crippen LogP contribution in [0.3, 0.4) is 0 Å². The Kier molecular flexibility index (Phi) is 7.65. The molecule has 0 aliphatic carbocycles. The molecule has 1 saturated heterocycles. The Bertz CT molecular complexity index is 838. The number of hydrogen-bond acceptors (Lipinski definition) is 5. The molecule has 0 saturated carbocycles. The lowest BCUT2D eigenvalue weighted by Gasteiger charge is -2.38. The summed E-state index contributed by atoms with van der Waals surface area (Å²) in [7, 11) is 0. The standard InChI is InChI=1S/C24H32N4OS/c1-19(2)24(18-25,22-9-6-16-30-22)10-11-27-12-14-28(15-13-27)23(29)21(26)17-20-7-4-3-5-8-20/h3-9,16,19,21H,10-15,17,26H2,1-2H3/t21-,24?/m0/s1. The highest BCUT2D eigenvalue weighted by Crippen LogP contribution is 2.38. The van der Waals surface area contributed by atoms with E-state index in [1.54, 1.807) is 11.3 Å². The molecule has 1 aliphatic heterocycles. The quantitative estimate of drug-likeness (QED) is 0.706. The Labute approximate surface area is 184 Å². The fourth-order valence-electron chi connectivity index (χ4n) is 4.19. The lowest BCUT2D eigenvalue weighted by Crippen LogP contribution is -2.54. The predicted octanol–water partition coefficient (Wildman–Crippen LogP) is 3.27. The van der Waals surface area contributed by atoms with E-state index in [0.717, 1.165) is 36.5 Å². The first kappa shape index (κ1) is 22.5. The molecule has 160 valence electrons. The second-order valence-corrected chi connectivity index (χ2v) is 9.38. The van der Waals surface area contributed by atoms with Crippen molar-refractivity contribution in [3.8, 4) is 6.07 Å². The minimum Gasteiger partial charge on any atom is -0.339 e. The van der Waals surface area contributed by atoms with Gasteiger partial charge in [-0.2, -0.15) is 5.26 Å². The second kappa shape index (κ2) is 10.2. The molecule has 2 atom stereocenters. The molecular formula is C24H32N4OS. The smallest absolute Gasteiger partial charge is 0.239 e. The molecule has 6 heteroatoms. The molecule has 2 heterocycles. The van der Waals surface area contributed by atoms with Gasteiger partial charge in [-0.25, -0.2) is 0 Å². The summed E-state index contributed by atoms with van der Waals surface area (Å²) < 4.78 is 0. The van der Waals surface area contributed by atoms with E-state index in [1.807, 2.05) is 46.7 Å². The van der Waals surface area contributed by atoms with E-state index < -0.39 is 11.5 Å². The fourth-order valence-corrected chi connectivity index (χ4v) is 5.24. The van der Waals surface area contributed by atoms with Crippen molar-refractivity contribution < 1.29 is 4.79 Å². The molecule has 0 radical (unpaired) electrons. The summed E-state index contributed by atoms with van der Waals surface area (Å²) in [6.45, 7) is 8.17. The van der Waals surface area contributed by atoms with Gasteiger partial charge in [0, 0.05) is 37.6 Å². The van der Waals surface area contributed by atoms with Crippen molar-refractivity contribution in [2.75, 3.05) is 32.7 Å². The maximum absolute atomic E-state index is 12.8. The largest absolute Gasteiger partial charge is 0.339 e. The topological polar surface area (TPSA) is 73.4 Å².